The number of hydrogen-bond donors (Lipinski definition) is 0. The van der Waals surface area contributed by atoms with E-state index < -0.39 is 0 Å². The quantitative estimate of drug-likeness (QED) is 0.567. The van der Waals surface area contributed by atoms with Gasteiger partial charge in [-0.2, -0.15) is 5.10 Å². The van der Waals surface area contributed by atoms with Gasteiger partial charge in [-0.05, 0) is 19.1 Å². The first kappa shape index (κ1) is 22.1. The van der Waals surface area contributed by atoms with Crippen molar-refractivity contribution in [2.24, 2.45) is 7.05 Å². The molecule has 9 heteroatoms. The van der Waals surface area contributed by atoms with Crippen molar-refractivity contribution in [3.05, 3.63) is 80.6 Å². The molecule has 8 nitrogen and oxygen atoms in total. The maximum absolute atomic E-state index is 12.7. The number of amides is 1. The van der Waals surface area contributed by atoms with Crippen LogP contribution in [0.2, 0.25) is 5.02 Å². The molecule has 0 atom stereocenters. The second-order valence-electron chi connectivity index (χ2n) is 7.82. The summed E-state index contributed by atoms with van der Waals surface area (Å²) in [6, 6.07) is 10.6. The Morgan fingerprint density at radius 2 is 1.94 bits per heavy atom. The molecule has 0 aliphatic carbocycles. The molecule has 0 radical (unpaired) electrons. The summed E-state index contributed by atoms with van der Waals surface area (Å²) in [5.74, 6) is 0.692. The number of ether oxygens (including phenoxy) is 1. The van der Waals surface area contributed by atoms with Crippen molar-refractivity contribution in [1.82, 2.24) is 19.6 Å². The molecule has 1 aliphatic rings. The SMILES string of the molecule is Cc1cc(C(=O)N2CCN(Cc3cc(=O)c(OCc4ccccc4Cl)co3)CC2)n(C)n1. The van der Waals surface area contributed by atoms with E-state index in [1.807, 2.05) is 30.0 Å². The number of carbonyl (C=O) groups is 1. The standard InChI is InChI=1S/C23H25ClN4O4/c1-16-11-20(26(2)25-16)23(30)28-9-7-27(8-10-28)13-18-12-21(29)22(15-31-18)32-14-17-5-3-4-6-19(17)24/h3-6,11-12,15H,7-10,13-14H2,1-2H3. The second kappa shape index (κ2) is 9.58. The summed E-state index contributed by atoms with van der Waals surface area (Å²) in [6.45, 7) is 5.14. The highest BCUT2D eigenvalue weighted by molar-refractivity contribution is 6.31. The van der Waals surface area contributed by atoms with E-state index in [0.29, 0.717) is 49.2 Å². The maximum atomic E-state index is 12.7. The van der Waals surface area contributed by atoms with Gasteiger partial charge in [-0.3, -0.25) is 19.2 Å². The first-order valence-corrected chi connectivity index (χ1v) is 10.8. The molecule has 1 saturated heterocycles. The lowest BCUT2D eigenvalue weighted by Crippen LogP contribution is -2.48. The summed E-state index contributed by atoms with van der Waals surface area (Å²) in [5.41, 5.74) is 1.98. The average molecular weight is 457 g/mol. The predicted molar refractivity (Wildman–Crippen MR) is 120 cm³/mol. The molecule has 3 aromatic rings. The third-order valence-electron chi connectivity index (χ3n) is 5.45. The largest absolute Gasteiger partial charge is 0.482 e. The summed E-state index contributed by atoms with van der Waals surface area (Å²) in [5, 5.41) is 4.84. The highest BCUT2D eigenvalue weighted by Gasteiger charge is 2.24. The Balaban J connectivity index is 1.31. The lowest BCUT2D eigenvalue weighted by atomic mass is 10.2. The Morgan fingerprint density at radius 1 is 1.19 bits per heavy atom. The number of hydrogen-bond acceptors (Lipinski definition) is 6. The van der Waals surface area contributed by atoms with Crippen molar-refractivity contribution in [2.45, 2.75) is 20.1 Å². The number of aromatic nitrogens is 2. The highest BCUT2D eigenvalue weighted by Crippen LogP contribution is 2.18. The number of benzene rings is 1. The molecule has 0 unspecified atom stereocenters. The van der Waals surface area contributed by atoms with Crippen molar-refractivity contribution >= 4 is 17.5 Å². The van der Waals surface area contributed by atoms with Gasteiger partial charge in [0.1, 0.15) is 24.3 Å². The van der Waals surface area contributed by atoms with Crippen LogP contribution in [0, 0.1) is 6.92 Å². The molecule has 1 fully saturated rings. The Morgan fingerprint density at radius 3 is 2.59 bits per heavy atom. The molecule has 32 heavy (non-hydrogen) atoms. The van der Waals surface area contributed by atoms with E-state index in [-0.39, 0.29) is 23.7 Å². The Bertz CT molecular complexity index is 1160. The van der Waals surface area contributed by atoms with Gasteiger partial charge >= 0.3 is 0 Å². The number of nitrogens with zero attached hydrogens (tertiary/aromatic N) is 4. The third kappa shape index (κ3) is 5.03. The van der Waals surface area contributed by atoms with Crippen molar-refractivity contribution in [3.63, 3.8) is 0 Å². The molecule has 1 aliphatic heterocycles. The monoisotopic (exact) mass is 456 g/mol. The predicted octanol–water partition coefficient (Wildman–Crippen LogP) is 2.87. The third-order valence-corrected chi connectivity index (χ3v) is 5.82. The molecule has 1 amide bonds. The summed E-state index contributed by atoms with van der Waals surface area (Å²) in [4.78, 5) is 29.1. The van der Waals surface area contributed by atoms with Crippen LogP contribution < -0.4 is 10.2 Å². The Hall–Kier alpha value is -3.10. The zero-order valence-electron chi connectivity index (χ0n) is 18.1. The van der Waals surface area contributed by atoms with Crippen LogP contribution in [0.15, 0.2) is 51.9 Å². The second-order valence-corrected chi connectivity index (χ2v) is 8.23. The van der Waals surface area contributed by atoms with Crippen LogP contribution in [0.3, 0.4) is 0 Å². The van der Waals surface area contributed by atoms with Crippen molar-refractivity contribution in [1.29, 1.82) is 0 Å². The number of rotatable bonds is 6. The number of halogens is 1. The Labute approximate surface area is 190 Å². The van der Waals surface area contributed by atoms with Crippen LogP contribution in [0.1, 0.15) is 27.5 Å². The molecule has 168 valence electrons. The van der Waals surface area contributed by atoms with Crippen LogP contribution in [0.4, 0.5) is 0 Å². The molecule has 0 saturated carbocycles. The van der Waals surface area contributed by atoms with E-state index in [0.717, 1.165) is 11.3 Å². The molecule has 0 bridgehead atoms. The number of carbonyl (C=O) groups excluding carboxylic acids is 1. The Kier molecular flexibility index (Phi) is 6.62. The fourth-order valence-electron chi connectivity index (χ4n) is 3.70. The summed E-state index contributed by atoms with van der Waals surface area (Å²) in [7, 11) is 1.78. The summed E-state index contributed by atoms with van der Waals surface area (Å²) >= 11 is 6.12. The zero-order chi connectivity index (χ0) is 22.7. The van der Waals surface area contributed by atoms with E-state index in [9.17, 15) is 9.59 Å². The normalized spacial score (nSPS) is 14.5. The molecule has 2 aromatic heterocycles. The molecule has 0 spiro atoms. The highest BCUT2D eigenvalue weighted by atomic mass is 35.5. The summed E-state index contributed by atoms with van der Waals surface area (Å²) in [6.07, 6.45) is 1.35. The average Bonchev–Trinajstić information content (AvgIpc) is 3.12. The minimum atomic E-state index is -0.237. The van der Waals surface area contributed by atoms with Gasteiger partial charge in [0, 0.05) is 49.9 Å². The molecule has 4 rings (SSSR count). The van der Waals surface area contributed by atoms with E-state index in [2.05, 4.69) is 10.00 Å². The van der Waals surface area contributed by atoms with Crippen molar-refractivity contribution in [3.8, 4) is 5.75 Å². The number of aryl methyl sites for hydroxylation is 2. The van der Waals surface area contributed by atoms with Gasteiger partial charge in [0.05, 0.1) is 12.2 Å². The lowest BCUT2D eigenvalue weighted by Gasteiger charge is -2.34. The first-order chi connectivity index (χ1) is 15.4. The summed E-state index contributed by atoms with van der Waals surface area (Å²) < 4.78 is 12.8. The van der Waals surface area contributed by atoms with Crippen molar-refractivity contribution in [2.75, 3.05) is 26.2 Å². The van der Waals surface area contributed by atoms with Crippen molar-refractivity contribution < 1.29 is 13.9 Å². The van der Waals surface area contributed by atoms with Gasteiger partial charge < -0.3 is 14.1 Å². The van der Waals surface area contributed by atoms with Gasteiger partial charge in [-0.1, -0.05) is 29.8 Å². The topological polar surface area (TPSA) is 80.8 Å². The smallest absolute Gasteiger partial charge is 0.272 e. The fraction of sp³-hybridized carbons (Fsp3) is 0.348. The van der Waals surface area contributed by atoms with Crippen LogP contribution in [-0.4, -0.2) is 51.7 Å². The van der Waals surface area contributed by atoms with E-state index in [1.165, 1.54) is 12.3 Å². The van der Waals surface area contributed by atoms with Gasteiger partial charge in [0.15, 0.2) is 0 Å². The van der Waals surface area contributed by atoms with E-state index >= 15 is 0 Å². The number of piperazine rings is 1. The molecule has 1 aromatic carbocycles. The lowest BCUT2D eigenvalue weighted by molar-refractivity contribution is 0.0608. The van der Waals surface area contributed by atoms with Crippen LogP contribution in [0.5, 0.6) is 5.75 Å². The van der Waals surface area contributed by atoms with E-state index in [1.54, 1.807) is 23.9 Å². The van der Waals surface area contributed by atoms with Crippen LogP contribution in [0.25, 0.3) is 0 Å². The van der Waals surface area contributed by atoms with Crippen LogP contribution >= 0.6 is 11.6 Å². The van der Waals surface area contributed by atoms with Gasteiger partial charge in [-0.25, -0.2) is 0 Å². The molecular formula is C23H25ClN4O4. The fourth-order valence-corrected chi connectivity index (χ4v) is 3.89. The molecule has 0 N–H and O–H groups in total. The van der Waals surface area contributed by atoms with Gasteiger partial charge in [-0.15, -0.1) is 0 Å². The van der Waals surface area contributed by atoms with E-state index in [4.69, 9.17) is 20.8 Å². The molecule has 3 heterocycles. The minimum absolute atomic E-state index is 0.0145. The van der Waals surface area contributed by atoms with Gasteiger partial charge in [0.25, 0.3) is 5.91 Å². The molecular weight excluding hydrogens is 432 g/mol. The van der Waals surface area contributed by atoms with Crippen LogP contribution in [-0.2, 0) is 20.2 Å². The minimum Gasteiger partial charge on any atom is -0.482 e. The zero-order valence-corrected chi connectivity index (χ0v) is 18.8. The van der Waals surface area contributed by atoms with Gasteiger partial charge in [0.2, 0.25) is 11.2 Å². The first-order valence-electron chi connectivity index (χ1n) is 10.4. The maximum Gasteiger partial charge on any atom is 0.272 e.